The molecule has 4 aliphatic carbocycles. The molecule has 46 heavy (non-hydrogen) atoms. The summed E-state index contributed by atoms with van der Waals surface area (Å²) < 4.78 is 26.9. The van der Waals surface area contributed by atoms with E-state index in [2.05, 4.69) is 88.3 Å². The van der Waals surface area contributed by atoms with E-state index in [1.807, 2.05) is 0 Å². The maximum Gasteiger partial charge on any atom is 0.349 e. The lowest BCUT2D eigenvalue weighted by molar-refractivity contribution is -0.224. The van der Waals surface area contributed by atoms with Gasteiger partial charge >= 0.3 is 8.56 Å². The molecule has 2 aliphatic heterocycles. The molecule has 5 heteroatoms. The first-order valence-electron chi connectivity index (χ1n) is 19.8. The molecule has 0 aromatic rings. The Balaban J connectivity index is 1.05. The average Bonchev–Trinajstić information content (AvgIpc) is 3.33. The van der Waals surface area contributed by atoms with Gasteiger partial charge in [-0.15, -0.1) is 0 Å². The second-order valence-corrected chi connectivity index (χ2v) is 24.9. The van der Waals surface area contributed by atoms with Gasteiger partial charge in [0, 0.05) is 10.1 Å². The van der Waals surface area contributed by atoms with Gasteiger partial charge in [0.25, 0.3) is 0 Å². The van der Waals surface area contributed by atoms with Gasteiger partial charge in [-0.2, -0.15) is 0 Å². The van der Waals surface area contributed by atoms with Gasteiger partial charge in [-0.05, 0) is 116 Å². The van der Waals surface area contributed by atoms with Crippen molar-refractivity contribution < 1.29 is 18.3 Å². The quantitative estimate of drug-likeness (QED) is 0.202. The molecular weight excluding hydrogens is 585 g/mol. The summed E-state index contributed by atoms with van der Waals surface area (Å²) in [6, 6.07) is 0. The first-order chi connectivity index (χ1) is 21.5. The fraction of sp³-hybridized carbons (Fsp3) is 0.951. The molecule has 0 aromatic heterocycles. The van der Waals surface area contributed by atoms with E-state index in [-0.39, 0.29) is 28.6 Å². The molecule has 264 valence electrons. The molecular formula is C41H72O4Si. The predicted molar refractivity (Wildman–Crippen MR) is 192 cm³/mol. The minimum absolute atomic E-state index is 0.0207. The van der Waals surface area contributed by atoms with E-state index in [1.54, 1.807) is 0 Å². The Morgan fingerprint density at radius 1 is 0.826 bits per heavy atom. The minimum Gasteiger partial charge on any atom is -0.391 e. The molecule has 0 spiro atoms. The van der Waals surface area contributed by atoms with Crippen LogP contribution in [0.2, 0.25) is 10.1 Å². The molecule has 4 nitrogen and oxygen atoms in total. The summed E-state index contributed by atoms with van der Waals surface area (Å²) in [5.41, 5.74) is 1.07. The molecule has 0 bridgehead atoms. The van der Waals surface area contributed by atoms with Gasteiger partial charge in [0.1, 0.15) is 6.10 Å². The standard InChI is InChI=1S/C41H72O4Si/c1-27(2)13-12-14-28(3)32-17-18-33-31-16-15-29-25-30(21-23-40(29,10)34(31)22-24-41(32,33)11)43-37-20-19-35-36(44-37)26-42-46(45-35,38(4,5)6)39(7,8)9/h19-20,27-37H,12-18,21-26H2,1-11H3/t28-,29+,30+,31+,32-,33+,34+,35-,36-,37+,40+,41-/m1/s1. The summed E-state index contributed by atoms with van der Waals surface area (Å²) >= 11 is 0. The number of hydrogen-bond donors (Lipinski definition) is 0. The third kappa shape index (κ3) is 6.19. The van der Waals surface area contributed by atoms with E-state index >= 15 is 0 Å². The van der Waals surface area contributed by atoms with Crippen LogP contribution in [-0.2, 0) is 18.3 Å². The summed E-state index contributed by atoms with van der Waals surface area (Å²) in [4.78, 5) is 0. The molecule has 1 saturated heterocycles. The maximum absolute atomic E-state index is 6.91. The normalized spacial score (nSPS) is 44.7. The van der Waals surface area contributed by atoms with Crippen LogP contribution >= 0.6 is 0 Å². The Bertz CT molecular complexity index is 1080. The highest BCUT2D eigenvalue weighted by atomic mass is 28.4. The van der Waals surface area contributed by atoms with Crippen LogP contribution in [0.3, 0.4) is 0 Å². The molecule has 0 unspecified atom stereocenters. The number of ether oxygens (including phenoxy) is 2. The number of rotatable bonds is 7. The smallest absolute Gasteiger partial charge is 0.349 e. The lowest BCUT2D eigenvalue weighted by atomic mass is 9.44. The Labute approximate surface area is 285 Å². The third-order valence-corrected chi connectivity index (χ3v) is 20.1. The van der Waals surface area contributed by atoms with Crippen LogP contribution in [0.4, 0.5) is 0 Å². The Hall–Kier alpha value is -0.203. The van der Waals surface area contributed by atoms with Crippen LogP contribution in [0.15, 0.2) is 12.2 Å². The zero-order valence-corrected chi connectivity index (χ0v) is 32.8. The Morgan fingerprint density at radius 3 is 2.22 bits per heavy atom. The number of hydrogen-bond acceptors (Lipinski definition) is 4. The molecule has 5 fully saturated rings. The van der Waals surface area contributed by atoms with Gasteiger partial charge in [0.2, 0.25) is 0 Å². The average molecular weight is 657 g/mol. The molecule has 0 radical (unpaired) electrons. The van der Waals surface area contributed by atoms with Crippen molar-refractivity contribution in [1.29, 1.82) is 0 Å². The predicted octanol–water partition coefficient (Wildman–Crippen LogP) is 11.2. The maximum atomic E-state index is 6.91. The van der Waals surface area contributed by atoms with Crippen molar-refractivity contribution in [3.63, 3.8) is 0 Å². The molecule has 6 aliphatic rings. The van der Waals surface area contributed by atoms with E-state index < -0.39 is 8.56 Å². The van der Waals surface area contributed by atoms with Crippen LogP contribution < -0.4 is 0 Å². The van der Waals surface area contributed by atoms with Crippen LogP contribution in [-0.4, -0.2) is 39.8 Å². The molecule has 0 amide bonds. The van der Waals surface area contributed by atoms with Gasteiger partial charge in [-0.1, -0.05) is 101 Å². The van der Waals surface area contributed by atoms with Gasteiger partial charge < -0.3 is 18.3 Å². The van der Waals surface area contributed by atoms with Gasteiger partial charge in [0.05, 0.1) is 18.8 Å². The molecule has 2 heterocycles. The second kappa shape index (κ2) is 12.8. The van der Waals surface area contributed by atoms with Crippen LogP contribution in [0.25, 0.3) is 0 Å². The van der Waals surface area contributed by atoms with Crippen LogP contribution in [0.1, 0.15) is 153 Å². The monoisotopic (exact) mass is 657 g/mol. The lowest BCUT2D eigenvalue weighted by Gasteiger charge is -2.61. The second-order valence-electron chi connectivity index (χ2n) is 20.2. The first-order valence-corrected chi connectivity index (χ1v) is 21.6. The largest absolute Gasteiger partial charge is 0.391 e. The Morgan fingerprint density at radius 2 is 1.52 bits per heavy atom. The first kappa shape index (κ1) is 35.6. The molecule has 6 rings (SSSR count). The summed E-state index contributed by atoms with van der Waals surface area (Å²) in [6.07, 6.45) is 21.0. The van der Waals surface area contributed by atoms with Crippen molar-refractivity contribution in [2.24, 2.45) is 52.3 Å². The van der Waals surface area contributed by atoms with Crippen molar-refractivity contribution in [3.05, 3.63) is 12.2 Å². The van der Waals surface area contributed by atoms with Crippen molar-refractivity contribution in [2.75, 3.05) is 6.61 Å². The van der Waals surface area contributed by atoms with E-state index in [1.165, 1.54) is 77.0 Å². The van der Waals surface area contributed by atoms with Crippen molar-refractivity contribution in [1.82, 2.24) is 0 Å². The van der Waals surface area contributed by atoms with Crippen molar-refractivity contribution >= 4 is 8.56 Å². The Kier molecular flexibility index (Phi) is 9.94. The fourth-order valence-electron chi connectivity index (χ4n) is 12.8. The lowest BCUT2D eigenvalue weighted by Crippen LogP contribution is -2.65. The highest BCUT2D eigenvalue weighted by molar-refractivity contribution is 6.73. The summed E-state index contributed by atoms with van der Waals surface area (Å²) in [7, 11) is -2.51. The van der Waals surface area contributed by atoms with E-state index in [4.69, 9.17) is 18.3 Å². The molecule has 12 atom stereocenters. The topological polar surface area (TPSA) is 36.9 Å². The summed E-state index contributed by atoms with van der Waals surface area (Å²) in [5.74, 6) is 6.30. The zero-order chi connectivity index (χ0) is 33.3. The van der Waals surface area contributed by atoms with Crippen molar-refractivity contribution in [2.45, 2.75) is 188 Å². The summed E-state index contributed by atoms with van der Waals surface area (Å²) in [5, 5.41) is -0.0413. The van der Waals surface area contributed by atoms with Gasteiger partial charge in [0.15, 0.2) is 6.29 Å². The van der Waals surface area contributed by atoms with E-state index in [0.29, 0.717) is 23.5 Å². The van der Waals surface area contributed by atoms with Crippen molar-refractivity contribution in [3.8, 4) is 0 Å². The van der Waals surface area contributed by atoms with E-state index in [9.17, 15) is 0 Å². The minimum atomic E-state index is -2.51. The zero-order valence-electron chi connectivity index (χ0n) is 31.8. The molecule has 0 N–H and O–H groups in total. The molecule has 0 aromatic carbocycles. The van der Waals surface area contributed by atoms with Crippen LogP contribution in [0, 0.1) is 52.3 Å². The SMILES string of the molecule is CC(C)CCC[C@@H](C)[C@H]1CC[C@H]2[C@@H]3CC[C@H]4C[C@@H](O[C@@H]5C=C[C@H]6O[Si](C(C)(C)C)(C(C)(C)C)OC[C@H]6O5)CC[C@]4(C)[C@H]3CC[C@]12C. The highest BCUT2D eigenvalue weighted by Crippen LogP contribution is 2.68. The fourth-order valence-corrected chi connectivity index (χ4v) is 17.7. The highest BCUT2D eigenvalue weighted by Gasteiger charge is 2.63. The number of fused-ring (bicyclic) bond motifs is 6. The van der Waals surface area contributed by atoms with Gasteiger partial charge in [-0.3, -0.25) is 0 Å². The van der Waals surface area contributed by atoms with Gasteiger partial charge in [-0.25, -0.2) is 0 Å². The van der Waals surface area contributed by atoms with E-state index in [0.717, 1.165) is 41.4 Å². The summed E-state index contributed by atoms with van der Waals surface area (Å²) in [6.45, 7) is 27.1. The van der Waals surface area contributed by atoms with Crippen LogP contribution in [0.5, 0.6) is 0 Å². The molecule has 4 saturated carbocycles. The third-order valence-electron chi connectivity index (χ3n) is 15.0.